The van der Waals surface area contributed by atoms with Crippen molar-refractivity contribution < 1.29 is 14.0 Å². The van der Waals surface area contributed by atoms with Crippen LogP contribution >= 0.6 is 0 Å². The molecule has 1 aromatic carbocycles. The predicted molar refractivity (Wildman–Crippen MR) is 166 cm³/mol. The van der Waals surface area contributed by atoms with E-state index in [1.807, 2.05) is 20.8 Å². The first-order valence-electron chi connectivity index (χ1n) is 15.9. The molecule has 2 unspecified atom stereocenters. The number of carbonyl (C=O) groups excluding carboxylic acids is 2. The molecule has 9 nitrogen and oxygen atoms in total. The number of hydrogen-bond acceptors (Lipinski definition) is 7. The Morgan fingerprint density at radius 3 is 2.70 bits per heavy atom. The van der Waals surface area contributed by atoms with Crippen LogP contribution in [0.2, 0.25) is 0 Å². The molecular formula is C33H44FN7O2. The summed E-state index contributed by atoms with van der Waals surface area (Å²) in [7, 11) is 0. The number of halogens is 1. The lowest BCUT2D eigenvalue weighted by Gasteiger charge is -2.45. The molecule has 43 heavy (non-hydrogen) atoms. The van der Waals surface area contributed by atoms with E-state index in [9.17, 15) is 14.0 Å². The summed E-state index contributed by atoms with van der Waals surface area (Å²) in [6, 6.07) is 4.91. The molecule has 4 atom stereocenters. The summed E-state index contributed by atoms with van der Waals surface area (Å²) >= 11 is 0. The molecule has 2 aromatic rings. The molecule has 230 valence electrons. The second-order valence-electron chi connectivity index (χ2n) is 12.7. The molecule has 1 aliphatic carbocycles. The van der Waals surface area contributed by atoms with Crippen LogP contribution in [0.3, 0.4) is 0 Å². The highest BCUT2D eigenvalue weighted by atomic mass is 19.1. The van der Waals surface area contributed by atoms with Crippen LogP contribution in [0, 0.1) is 11.7 Å². The molecule has 0 spiro atoms. The van der Waals surface area contributed by atoms with Gasteiger partial charge in [0.05, 0.1) is 23.5 Å². The maximum atomic E-state index is 14.5. The van der Waals surface area contributed by atoms with Crippen molar-refractivity contribution in [3.05, 3.63) is 54.3 Å². The van der Waals surface area contributed by atoms with Gasteiger partial charge in [-0.1, -0.05) is 12.2 Å². The number of rotatable bonds is 6. The zero-order chi connectivity index (χ0) is 30.2. The van der Waals surface area contributed by atoms with Gasteiger partial charge < -0.3 is 24.9 Å². The topological polar surface area (TPSA) is 84.9 Å². The SMILES string of the molecule is C=C1C[C@@H]2CCC1[C@@H](C(=O)N1CCCC(N3CCN(c4ccc(F)cc4C(=O)N(CC)C(C)C)c4cncnc43)CC1)N2. The van der Waals surface area contributed by atoms with Crippen molar-refractivity contribution in [1.29, 1.82) is 0 Å². The van der Waals surface area contributed by atoms with E-state index in [4.69, 9.17) is 4.98 Å². The average molecular weight is 590 g/mol. The molecule has 7 rings (SSSR count). The molecule has 1 saturated carbocycles. The Hall–Kier alpha value is -3.53. The normalized spacial score (nSPS) is 25.5. The van der Waals surface area contributed by atoms with Crippen molar-refractivity contribution in [1.82, 2.24) is 25.1 Å². The van der Waals surface area contributed by atoms with Crippen LogP contribution in [0.15, 0.2) is 42.9 Å². The van der Waals surface area contributed by atoms with Gasteiger partial charge in [-0.05, 0) is 77.5 Å². The van der Waals surface area contributed by atoms with Crippen LogP contribution in [0.5, 0.6) is 0 Å². The number of piperidine rings is 2. The van der Waals surface area contributed by atoms with Crippen LogP contribution in [-0.2, 0) is 4.79 Å². The number of hydrogen-bond donors (Lipinski definition) is 1. The maximum Gasteiger partial charge on any atom is 0.256 e. The Kier molecular flexibility index (Phi) is 8.40. The lowest BCUT2D eigenvalue weighted by Crippen LogP contribution is -2.60. The van der Waals surface area contributed by atoms with Gasteiger partial charge in [0.2, 0.25) is 5.91 Å². The summed E-state index contributed by atoms with van der Waals surface area (Å²) in [5.74, 6) is 0.660. The second kappa shape index (κ2) is 12.2. The summed E-state index contributed by atoms with van der Waals surface area (Å²) in [5.41, 5.74) is 3.04. The van der Waals surface area contributed by atoms with Crippen LogP contribution in [0.1, 0.15) is 69.7 Å². The van der Waals surface area contributed by atoms with Gasteiger partial charge in [-0.15, -0.1) is 0 Å². The lowest BCUT2D eigenvalue weighted by molar-refractivity contribution is -0.136. The van der Waals surface area contributed by atoms with Gasteiger partial charge in [-0.25, -0.2) is 14.4 Å². The molecule has 1 N–H and O–H groups in total. The molecular weight excluding hydrogens is 545 g/mol. The van der Waals surface area contributed by atoms with Crippen molar-refractivity contribution >= 4 is 29.0 Å². The second-order valence-corrected chi connectivity index (χ2v) is 12.7. The number of fused-ring (bicyclic) bond motifs is 4. The highest BCUT2D eigenvalue weighted by Gasteiger charge is 2.43. The fourth-order valence-electron chi connectivity index (χ4n) is 7.70. The van der Waals surface area contributed by atoms with E-state index in [0.29, 0.717) is 43.5 Å². The van der Waals surface area contributed by atoms with Crippen LogP contribution in [0.4, 0.5) is 21.6 Å². The molecule has 10 heteroatoms. The monoisotopic (exact) mass is 589 g/mol. The maximum absolute atomic E-state index is 14.5. The third kappa shape index (κ3) is 5.61. The first-order valence-corrected chi connectivity index (χ1v) is 15.9. The molecule has 2 bridgehead atoms. The van der Waals surface area contributed by atoms with Gasteiger partial charge >= 0.3 is 0 Å². The van der Waals surface area contributed by atoms with Crippen molar-refractivity contribution in [2.45, 2.75) is 83.5 Å². The van der Waals surface area contributed by atoms with Crippen molar-refractivity contribution in [2.75, 3.05) is 42.5 Å². The summed E-state index contributed by atoms with van der Waals surface area (Å²) in [6.07, 6.45) is 9.28. The number of nitrogens with one attached hydrogen (secondary N) is 1. The quantitative estimate of drug-likeness (QED) is 0.496. The minimum absolute atomic E-state index is 0.00867. The Morgan fingerprint density at radius 2 is 1.95 bits per heavy atom. The zero-order valence-corrected chi connectivity index (χ0v) is 25.6. The first kappa shape index (κ1) is 29.5. The van der Waals surface area contributed by atoms with Crippen LogP contribution < -0.4 is 15.1 Å². The molecule has 1 aromatic heterocycles. The van der Waals surface area contributed by atoms with Gasteiger partial charge in [0, 0.05) is 56.8 Å². The fraction of sp³-hybridized carbons (Fsp3) is 0.576. The minimum Gasteiger partial charge on any atom is -0.350 e. The fourth-order valence-corrected chi connectivity index (χ4v) is 7.70. The Balaban J connectivity index is 1.21. The first-order chi connectivity index (χ1) is 20.8. The highest BCUT2D eigenvalue weighted by Crippen LogP contribution is 2.40. The number of benzene rings is 1. The summed E-state index contributed by atoms with van der Waals surface area (Å²) < 4.78 is 14.5. The number of amides is 2. The Morgan fingerprint density at radius 1 is 1.12 bits per heavy atom. The van der Waals surface area contributed by atoms with E-state index in [1.54, 1.807) is 23.5 Å². The predicted octanol–water partition coefficient (Wildman–Crippen LogP) is 4.52. The van der Waals surface area contributed by atoms with Gasteiger partial charge in [-0.3, -0.25) is 9.59 Å². The van der Waals surface area contributed by atoms with E-state index in [-0.39, 0.29) is 35.9 Å². The van der Waals surface area contributed by atoms with Gasteiger partial charge in [0.1, 0.15) is 17.8 Å². The third-order valence-corrected chi connectivity index (χ3v) is 9.90. The third-order valence-electron chi connectivity index (χ3n) is 9.90. The van der Waals surface area contributed by atoms with Crippen LogP contribution in [0.25, 0.3) is 0 Å². The van der Waals surface area contributed by atoms with Gasteiger partial charge in [-0.2, -0.15) is 0 Å². The number of carbonyl (C=O) groups is 2. The summed E-state index contributed by atoms with van der Waals surface area (Å²) in [5, 5.41) is 3.61. The van der Waals surface area contributed by atoms with Crippen molar-refractivity contribution in [2.24, 2.45) is 5.92 Å². The average Bonchev–Trinajstić information content (AvgIpc) is 3.27. The minimum atomic E-state index is -0.437. The standard InChI is InChI=1S/C33H44FN7O2/c1-5-39(21(2)3)32(42)27-18-23(34)8-11-28(27)41-16-15-40(31-29(41)19-35-20-36-31)25-7-6-13-38(14-12-25)33(43)30-26-10-9-24(37-30)17-22(26)4/h8,11,18-21,24-26,30,37H,4-7,9-10,12-17H2,1-3H3/t24-,25?,26?,30-/m0/s1. The van der Waals surface area contributed by atoms with E-state index < -0.39 is 5.82 Å². The number of nitrogens with zero attached hydrogens (tertiary/aromatic N) is 6. The molecule has 0 radical (unpaired) electrons. The molecule has 5 heterocycles. The van der Waals surface area contributed by atoms with Gasteiger partial charge in [0.25, 0.3) is 5.91 Å². The molecule has 4 aliphatic heterocycles. The summed E-state index contributed by atoms with van der Waals surface area (Å²) in [6.45, 7) is 13.5. The van der Waals surface area contributed by atoms with Crippen molar-refractivity contribution in [3.8, 4) is 0 Å². The number of aromatic nitrogens is 2. The largest absolute Gasteiger partial charge is 0.350 e. The molecule has 5 aliphatic rings. The lowest BCUT2D eigenvalue weighted by atomic mass is 9.73. The zero-order valence-electron chi connectivity index (χ0n) is 25.6. The van der Waals surface area contributed by atoms with E-state index in [0.717, 1.165) is 56.6 Å². The number of likely N-dealkylation sites (tertiary alicyclic amines) is 1. The Labute approximate surface area is 254 Å². The van der Waals surface area contributed by atoms with E-state index >= 15 is 0 Å². The summed E-state index contributed by atoms with van der Waals surface area (Å²) in [4.78, 5) is 44.5. The smallest absolute Gasteiger partial charge is 0.256 e. The van der Waals surface area contributed by atoms with Crippen LogP contribution in [-0.4, -0.2) is 88.5 Å². The van der Waals surface area contributed by atoms with Gasteiger partial charge in [0.15, 0.2) is 5.82 Å². The molecule has 3 saturated heterocycles. The highest BCUT2D eigenvalue weighted by molar-refractivity contribution is 6.01. The number of anilines is 3. The molecule has 2 amide bonds. The Bertz CT molecular complexity index is 1380. The molecule has 4 fully saturated rings. The van der Waals surface area contributed by atoms with E-state index in [1.165, 1.54) is 17.7 Å². The van der Waals surface area contributed by atoms with E-state index in [2.05, 4.69) is 31.6 Å². The van der Waals surface area contributed by atoms with Crippen molar-refractivity contribution in [3.63, 3.8) is 0 Å².